The van der Waals surface area contributed by atoms with E-state index in [1.165, 1.54) is 231 Å². The van der Waals surface area contributed by atoms with Crippen molar-refractivity contribution in [3.63, 3.8) is 0 Å². The molecule has 7 unspecified atom stereocenters. The summed E-state index contributed by atoms with van der Waals surface area (Å²) in [5.41, 5.74) is 0. The average Bonchev–Trinajstić information content (AvgIpc) is 3.32. The molecule has 0 saturated carbocycles. The molecule has 0 radical (unpaired) electrons. The Kier molecular flexibility index (Phi) is 45.4. The highest BCUT2D eigenvalue weighted by molar-refractivity contribution is 5.76. The number of aliphatic hydroxyl groups is 5. The van der Waals surface area contributed by atoms with E-state index in [-0.39, 0.29) is 12.5 Å². The van der Waals surface area contributed by atoms with Crippen LogP contribution in [0.1, 0.15) is 290 Å². The SMILES string of the molecule is CCCCCCCCCCCC/C=C/C(O)C(COC1OC(CO)C(O)C(O)C1O)NC(=O)CCCCCCCCCCCCCCCCCCCCCCCCCCCCCCCCC. The summed E-state index contributed by atoms with van der Waals surface area (Å²) < 4.78 is 11.2. The molecular weight excluding hydrogens is 827 g/mol. The van der Waals surface area contributed by atoms with Gasteiger partial charge in [0.15, 0.2) is 6.29 Å². The fraction of sp³-hybridized carbons (Fsp3) is 0.947. The largest absolute Gasteiger partial charge is 0.394 e. The second kappa shape index (κ2) is 47.6. The fourth-order valence-electron chi connectivity index (χ4n) is 9.51. The smallest absolute Gasteiger partial charge is 0.220 e. The molecule has 6 N–H and O–H groups in total. The van der Waals surface area contributed by atoms with Gasteiger partial charge in [-0.3, -0.25) is 4.79 Å². The number of allylic oxidation sites excluding steroid dienone is 1. The van der Waals surface area contributed by atoms with Crippen molar-refractivity contribution in [2.45, 2.75) is 333 Å². The van der Waals surface area contributed by atoms with Crippen LogP contribution >= 0.6 is 0 Å². The first kappa shape index (κ1) is 62.9. The van der Waals surface area contributed by atoms with Gasteiger partial charge in [-0.05, 0) is 19.3 Å². The predicted octanol–water partition coefficient (Wildman–Crippen LogP) is 14.0. The Morgan fingerprint density at radius 2 is 0.833 bits per heavy atom. The quantitative estimate of drug-likeness (QED) is 0.0261. The number of nitrogens with one attached hydrogen (secondary N) is 1. The summed E-state index contributed by atoms with van der Waals surface area (Å²) in [6, 6.07) is -0.799. The highest BCUT2D eigenvalue weighted by Crippen LogP contribution is 2.23. The zero-order valence-corrected chi connectivity index (χ0v) is 43.5. The molecule has 0 aromatic rings. The van der Waals surface area contributed by atoms with Gasteiger partial charge in [0.25, 0.3) is 0 Å². The van der Waals surface area contributed by atoms with Crippen molar-refractivity contribution in [1.82, 2.24) is 5.32 Å². The van der Waals surface area contributed by atoms with Gasteiger partial charge in [0.05, 0.1) is 25.4 Å². The maximum atomic E-state index is 13.0. The van der Waals surface area contributed by atoms with E-state index in [0.29, 0.717) is 6.42 Å². The molecule has 0 aromatic carbocycles. The third-order valence-electron chi connectivity index (χ3n) is 14.1. The third kappa shape index (κ3) is 36.9. The topological polar surface area (TPSA) is 149 Å². The molecule has 1 saturated heterocycles. The maximum absolute atomic E-state index is 13.0. The zero-order valence-electron chi connectivity index (χ0n) is 43.5. The average molecular weight is 939 g/mol. The number of hydrogen-bond donors (Lipinski definition) is 6. The first-order valence-corrected chi connectivity index (χ1v) is 28.9. The number of hydrogen-bond acceptors (Lipinski definition) is 8. The van der Waals surface area contributed by atoms with Crippen LogP contribution < -0.4 is 5.32 Å². The molecule has 0 spiro atoms. The highest BCUT2D eigenvalue weighted by atomic mass is 16.7. The first-order valence-electron chi connectivity index (χ1n) is 28.9. The van der Waals surface area contributed by atoms with E-state index in [0.717, 1.165) is 38.5 Å². The van der Waals surface area contributed by atoms with Crippen molar-refractivity contribution in [2.75, 3.05) is 13.2 Å². The minimum atomic E-state index is -1.56. The molecule has 1 heterocycles. The van der Waals surface area contributed by atoms with Crippen LogP contribution in [0.4, 0.5) is 0 Å². The molecule has 0 bridgehead atoms. The lowest BCUT2D eigenvalue weighted by atomic mass is 9.99. The van der Waals surface area contributed by atoms with Crippen molar-refractivity contribution < 1.29 is 39.8 Å². The Morgan fingerprint density at radius 3 is 1.18 bits per heavy atom. The number of aliphatic hydroxyl groups excluding tert-OH is 5. The van der Waals surface area contributed by atoms with Crippen LogP contribution in [-0.2, 0) is 14.3 Å². The number of unbranched alkanes of at least 4 members (excludes halogenated alkanes) is 40. The van der Waals surface area contributed by atoms with Crippen LogP contribution in [0, 0.1) is 0 Å². The van der Waals surface area contributed by atoms with Gasteiger partial charge in [0.2, 0.25) is 5.91 Å². The molecular formula is C57H111NO8. The fourth-order valence-corrected chi connectivity index (χ4v) is 9.51. The Labute approximate surface area is 407 Å². The maximum Gasteiger partial charge on any atom is 0.220 e. The van der Waals surface area contributed by atoms with E-state index in [9.17, 15) is 30.3 Å². The van der Waals surface area contributed by atoms with E-state index in [1.54, 1.807) is 6.08 Å². The normalized spacial score (nSPS) is 19.8. The van der Waals surface area contributed by atoms with Gasteiger partial charge in [0, 0.05) is 6.42 Å². The Bertz CT molecular complexity index is 1040. The zero-order chi connectivity index (χ0) is 48.0. The van der Waals surface area contributed by atoms with Gasteiger partial charge in [-0.25, -0.2) is 0 Å². The molecule has 392 valence electrons. The van der Waals surface area contributed by atoms with Gasteiger partial charge >= 0.3 is 0 Å². The summed E-state index contributed by atoms with van der Waals surface area (Å²) in [6.07, 6.45) is 51.6. The van der Waals surface area contributed by atoms with Gasteiger partial charge in [-0.15, -0.1) is 0 Å². The Morgan fingerprint density at radius 1 is 0.500 bits per heavy atom. The molecule has 0 aliphatic carbocycles. The van der Waals surface area contributed by atoms with E-state index >= 15 is 0 Å². The van der Waals surface area contributed by atoms with Crippen LogP contribution in [0.15, 0.2) is 12.2 Å². The molecule has 66 heavy (non-hydrogen) atoms. The summed E-state index contributed by atoms with van der Waals surface area (Å²) in [7, 11) is 0. The predicted molar refractivity (Wildman–Crippen MR) is 277 cm³/mol. The van der Waals surface area contributed by atoms with E-state index in [1.807, 2.05) is 6.08 Å². The lowest BCUT2D eigenvalue weighted by Crippen LogP contribution is -2.60. The van der Waals surface area contributed by atoms with Gasteiger partial charge in [-0.2, -0.15) is 0 Å². The minimum Gasteiger partial charge on any atom is -0.394 e. The number of carbonyl (C=O) groups is 1. The van der Waals surface area contributed by atoms with Gasteiger partial charge in [-0.1, -0.05) is 276 Å². The standard InChI is InChI=1S/C57H111NO8/c1-3-5-7-9-11-13-15-17-18-19-20-21-22-23-24-25-26-27-28-29-30-31-32-33-34-35-37-39-41-43-45-47-53(61)58-50(49-65-57-56(64)55(63)54(62)52(48-59)66-57)51(60)46-44-42-40-38-36-16-14-12-10-8-6-4-2/h44,46,50-52,54-57,59-60,62-64H,3-43,45,47-49H2,1-2H3,(H,58,61)/b46-44+. The number of carbonyl (C=O) groups excluding carboxylic acids is 1. The van der Waals surface area contributed by atoms with Crippen LogP contribution in [0.2, 0.25) is 0 Å². The molecule has 1 fully saturated rings. The molecule has 1 amide bonds. The molecule has 1 rings (SSSR count). The molecule has 0 aromatic heterocycles. The minimum absolute atomic E-state index is 0.171. The molecule has 1 aliphatic rings. The van der Waals surface area contributed by atoms with E-state index < -0.39 is 49.5 Å². The summed E-state index contributed by atoms with van der Waals surface area (Å²) in [5, 5.41) is 54.3. The lowest BCUT2D eigenvalue weighted by molar-refractivity contribution is -0.302. The van der Waals surface area contributed by atoms with Crippen LogP contribution in [0.3, 0.4) is 0 Å². The van der Waals surface area contributed by atoms with Gasteiger partial charge < -0.3 is 40.3 Å². The Balaban J connectivity index is 2.10. The van der Waals surface area contributed by atoms with Crippen molar-refractivity contribution >= 4 is 5.91 Å². The summed E-state index contributed by atoms with van der Waals surface area (Å²) in [5.74, 6) is -0.171. The summed E-state index contributed by atoms with van der Waals surface area (Å²) in [4.78, 5) is 13.0. The van der Waals surface area contributed by atoms with Crippen molar-refractivity contribution in [3.8, 4) is 0 Å². The number of ether oxygens (including phenoxy) is 2. The van der Waals surface area contributed by atoms with Crippen LogP contribution in [0.25, 0.3) is 0 Å². The lowest BCUT2D eigenvalue weighted by Gasteiger charge is -2.40. The van der Waals surface area contributed by atoms with Crippen LogP contribution in [-0.4, -0.2) is 87.5 Å². The second-order valence-corrected chi connectivity index (χ2v) is 20.5. The van der Waals surface area contributed by atoms with Crippen molar-refractivity contribution in [1.29, 1.82) is 0 Å². The van der Waals surface area contributed by atoms with Gasteiger partial charge in [0.1, 0.15) is 24.4 Å². The van der Waals surface area contributed by atoms with Crippen molar-refractivity contribution in [2.24, 2.45) is 0 Å². The monoisotopic (exact) mass is 938 g/mol. The molecule has 7 atom stereocenters. The summed E-state index contributed by atoms with van der Waals surface area (Å²) in [6.45, 7) is 3.80. The summed E-state index contributed by atoms with van der Waals surface area (Å²) >= 11 is 0. The van der Waals surface area contributed by atoms with E-state index in [4.69, 9.17) is 9.47 Å². The number of amides is 1. The molecule has 9 nitrogen and oxygen atoms in total. The van der Waals surface area contributed by atoms with Crippen LogP contribution in [0.5, 0.6) is 0 Å². The molecule has 9 heteroatoms. The highest BCUT2D eigenvalue weighted by Gasteiger charge is 2.44. The first-order chi connectivity index (χ1) is 32.3. The third-order valence-corrected chi connectivity index (χ3v) is 14.1. The Hall–Kier alpha value is -1.07. The number of rotatable bonds is 50. The second-order valence-electron chi connectivity index (χ2n) is 20.5. The molecule has 1 aliphatic heterocycles. The van der Waals surface area contributed by atoms with E-state index in [2.05, 4.69) is 19.2 Å². The van der Waals surface area contributed by atoms with Crippen molar-refractivity contribution in [3.05, 3.63) is 12.2 Å².